The van der Waals surface area contributed by atoms with Gasteiger partial charge in [0, 0.05) is 0 Å². The molecule has 0 fully saturated rings. The number of carbonyl (C=O) groups is 1. The summed E-state index contributed by atoms with van der Waals surface area (Å²) >= 11 is 0. The van der Waals surface area contributed by atoms with Gasteiger partial charge in [-0.3, -0.25) is 0 Å². The van der Waals surface area contributed by atoms with Gasteiger partial charge in [-0.2, -0.15) is 0 Å². The third kappa shape index (κ3) is 2.83. The SMILES string of the molecule is Cc1cc(F)cc(C(=O)OC(C)C)c1. The number of hydrogen-bond donors (Lipinski definition) is 0. The van der Waals surface area contributed by atoms with E-state index in [1.165, 1.54) is 12.1 Å². The molecule has 0 atom stereocenters. The summed E-state index contributed by atoms with van der Waals surface area (Å²) in [6, 6.07) is 4.15. The highest BCUT2D eigenvalue weighted by molar-refractivity contribution is 5.89. The predicted octanol–water partition coefficient (Wildman–Crippen LogP) is 2.70. The average molecular weight is 196 g/mol. The van der Waals surface area contributed by atoms with E-state index in [9.17, 15) is 9.18 Å². The van der Waals surface area contributed by atoms with Crippen LogP contribution in [0, 0.1) is 12.7 Å². The van der Waals surface area contributed by atoms with Crippen LogP contribution in [0.15, 0.2) is 18.2 Å². The number of benzene rings is 1. The zero-order valence-corrected chi connectivity index (χ0v) is 8.50. The van der Waals surface area contributed by atoms with E-state index in [2.05, 4.69) is 0 Å². The Labute approximate surface area is 82.7 Å². The Balaban J connectivity index is 2.90. The maximum absolute atomic E-state index is 12.9. The molecule has 76 valence electrons. The predicted molar refractivity (Wildman–Crippen MR) is 51.7 cm³/mol. The van der Waals surface area contributed by atoms with Gasteiger partial charge in [-0.25, -0.2) is 9.18 Å². The van der Waals surface area contributed by atoms with Crippen LogP contribution in [0.2, 0.25) is 0 Å². The summed E-state index contributed by atoms with van der Waals surface area (Å²) in [4.78, 5) is 11.4. The molecule has 0 aliphatic heterocycles. The maximum atomic E-state index is 12.9. The molecule has 0 spiro atoms. The van der Waals surface area contributed by atoms with Gasteiger partial charge >= 0.3 is 5.97 Å². The number of hydrogen-bond acceptors (Lipinski definition) is 2. The Morgan fingerprint density at radius 2 is 2.00 bits per heavy atom. The van der Waals surface area contributed by atoms with Gasteiger partial charge in [0.05, 0.1) is 11.7 Å². The van der Waals surface area contributed by atoms with Crippen molar-refractivity contribution in [3.63, 3.8) is 0 Å². The summed E-state index contributed by atoms with van der Waals surface area (Å²) in [6.07, 6.45) is -0.189. The second-order valence-electron chi connectivity index (χ2n) is 3.47. The molecule has 0 aliphatic carbocycles. The highest BCUT2D eigenvalue weighted by Crippen LogP contribution is 2.10. The number of rotatable bonds is 2. The van der Waals surface area contributed by atoms with Gasteiger partial charge in [0.15, 0.2) is 0 Å². The van der Waals surface area contributed by atoms with Crippen LogP contribution in [-0.2, 0) is 4.74 Å². The Morgan fingerprint density at radius 3 is 2.50 bits per heavy atom. The molecular formula is C11H13FO2. The van der Waals surface area contributed by atoms with E-state index in [1.807, 2.05) is 0 Å². The fourth-order valence-electron chi connectivity index (χ4n) is 1.14. The van der Waals surface area contributed by atoms with E-state index in [4.69, 9.17) is 4.74 Å². The van der Waals surface area contributed by atoms with Crippen LogP contribution in [-0.4, -0.2) is 12.1 Å². The molecule has 0 heterocycles. The highest BCUT2D eigenvalue weighted by atomic mass is 19.1. The number of esters is 1. The second-order valence-corrected chi connectivity index (χ2v) is 3.47. The first-order valence-corrected chi connectivity index (χ1v) is 4.47. The molecule has 2 nitrogen and oxygen atoms in total. The number of ether oxygens (including phenoxy) is 1. The smallest absolute Gasteiger partial charge is 0.338 e. The molecule has 0 saturated carbocycles. The molecule has 1 aromatic carbocycles. The lowest BCUT2D eigenvalue weighted by Crippen LogP contribution is -2.11. The largest absolute Gasteiger partial charge is 0.459 e. The van der Waals surface area contributed by atoms with E-state index < -0.39 is 11.8 Å². The van der Waals surface area contributed by atoms with Crippen LogP contribution >= 0.6 is 0 Å². The molecule has 1 rings (SSSR count). The van der Waals surface area contributed by atoms with Crippen LogP contribution in [0.4, 0.5) is 4.39 Å². The molecule has 0 unspecified atom stereocenters. The molecule has 3 heteroatoms. The first kappa shape index (κ1) is 10.7. The van der Waals surface area contributed by atoms with E-state index in [-0.39, 0.29) is 11.7 Å². The van der Waals surface area contributed by atoms with E-state index in [1.54, 1.807) is 26.8 Å². The summed E-state index contributed by atoms with van der Waals surface area (Å²) in [5.74, 6) is -0.900. The molecule has 1 aromatic rings. The van der Waals surface area contributed by atoms with Gasteiger partial charge in [0.1, 0.15) is 5.82 Å². The Bertz CT molecular complexity index is 325. The van der Waals surface area contributed by atoms with Crippen LogP contribution in [0.25, 0.3) is 0 Å². The van der Waals surface area contributed by atoms with Crippen LogP contribution in [0.3, 0.4) is 0 Å². The fourth-order valence-corrected chi connectivity index (χ4v) is 1.14. The van der Waals surface area contributed by atoms with Gasteiger partial charge in [-0.1, -0.05) is 0 Å². The van der Waals surface area contributed by atoms with Crippen LogP contribution in [0.5, 0.6) is 0 Å². The van der Waals surface area contributed by atoms with E-state index in [0.29, 0.717) is 5.56 Å². The summed E-state index contributed by atoms with van der Waals surface area (Å²) in [5.41, 5.74) is 0.969. The van der Waals surface area contributed by atoms with Gasteiger partial charge in [-0.05, 0) is 44.5 Å². The van der Waals surface area contributed by atoms with Crippen molar-refractivity contribution in [2.24, 2.45) is 0 Å². The average Bonchev–Trinajstić information content (AvgIpc) is 2.00. The van der Waals surface area contributed by atoms with Crippen molar-refractivity contribution in [3.8, 4) is 0 Å². The van der Waals surface area contributed by atoms with Gasteiger partial charge in [-0.15, -0.1) is 0 Å². The standard InChI is InChI=1S/C11H13FO2/c1-7(2)14-11(13)9-4-8(3)5-10(12)6-9/h4-7H,1-3H3. The van der Waals surface area contributed by atoms with Crippen molar-refractivity contribution in [2.75, 3.05) is 0 Å². The van der Waals surface area contributed by atoms with E-state index in [0.717, 1.165) is 0 Å². The molecule has 0 saturated heterocycles. The van der Waals surface area contributed by atoms with Gasteiger partial charge in [0.25, 0.3) is 0 Å². The van der Waals surface area contributed by atoms with Crippen molar-refractivity contribution < 1.29 is 13.9 Å². The van der Waals surface area contributed by atoms with Crippen molar-refractivity contribution in [1.29, 1.82) is 0 Å². The minimum absolute atomic E-state index is 0.189. The Hall–Kier alpha value is -1.38. The summed E-state index contributed by atoms with van der Waals surface area (Å²) < 4.78 is 17.9. The molecule has 0 radical (unpaired) electrons. The topological polar surface area (TPSA) is 26.3 Å². The number of halogens is 1. The first-order chi connectivity index (χ1) is 6.49. The fraction of sp³-hybridized carbons (Fsp3) is 0.364. The monoisotopic (exact) mass is 196 g/mol. The lowest BCUT2D eigenvalue weighted by molar-refractivity contribution is 0.0377. The first-order valence-electron chi connectivity index (χ1n) is 4.47. The van der Waals surface area contributed by atoms with Gasteiger partial charge in [0.2, 0.25) is 0 Å². The zero-order valence-electron chi connectivity index (χ0n) is 8.50. The lowest BCUT2D eigenvalue weighted by atomic mass is 10.1. The molecule has 0 aliphatic rings. The number of aryl methyl sites for hydroxylation is 1. The second kappa shape index (κ2) is 4.22. The summed E-state index contributed by atoms with van der Waals surface area (Å²) in [6.45, 7) is 5.24. The summed E-state index contributed by atoms with van der Waals surface area (Å²) in [7, 11) is 0. The minimum atomic E-state index is -0.484. The van der Waals surface area contributed by atoms with Crippen molar-refractivity contribution in [2.45, 2.75) is 26.9 Å². The van der Waals surface area contributed by atoms with Gasteiger partial charge < -0.3 is 4.74 Å². The minimum Gasteiger partial charge on any atom is -0.459 e. The normalized spacial score (nSPS) is 10.4. The number of carbonyl (C=O) groups excluding carboxylic acids is 1. The Morgan fingerprint density at radius 1 is 1.36 bits per heavy atom. The molecule has 0 aromatic heterocycles. The maximum Gasteiger partial charge on any atom is 0.338 e. The van der Waals surface area contributed by atoms with Crippen molar-refractivity contribution >= 4 is 5.97 Å². The van der Waals surface area contributed by atoms with Crippen molar-refractivity contribution in [3.05, 3.63) is 35.1 Å². The van der Waals surface area contributed by atoms with Crippen molar-refractivity contribution in [1.82, 2.24) is 0 Å². The molecule has 0 N–H and O–H groups in total. The summed E-state index contributed by atoms with van der Waals surface area (Å²) in [5, 5.41) is 0. The zero-order chi connectivity index (χ0) is 10.7. The molecular weight excluding hydrogens is 183 g/mol. The molecule has 0 amide bonds. The highest BCUT2D eigenvalue weighted by Gasteiger charge is 2.10. The quantitative estimate of drug-likeness (QED) is 0.680. The van der Waals surface area contributed by atoms with E-state index >= 15 is 0 Å². The third-order valence-corrected chi connectivity index (χ3v) is 1.62. The lowest BCUT2D eigenvalue weighted by Gasteiger charge is -2.08. The van der Waals surface area contributed by atoms with Crippen LogP contribution < -0.4 is 0 Å². The molecule has 14 heavy (non-hydrogen) atoms. The third-order valence-electron chi connectivity index (χ3n) is 1.62. The molecule has 0 bridgehead atoms. The Kier molecular flexibility index (Phi) is 3.23. The van der Waals surface area contributed by atoms with Crippen LogP contribution in [0.1, 0.15) is 29.8 Å².